The minimum atomic E-state index is -0.0447. The quantitative estimate of drug-likeness (QED) is 0.851. The van der Waals surface area contributed by atoms with Crippen molar-refractivity contribution < 1.29 is 4.79 Å². The van der Waals surface area contributed by atoms with Gasteiger partial charge in [-0.1, -0.05) is 12.1 Å². The van der Waals surface area contributed by atoms with Crippen molar-refractivity contribution in [3.63, 3.8) is 0 Å². The third-order valence-corrected chi connectivity index (χ3v) is 3.03. The predicted molar refractivity (Wildman–Crippen MR) is 77.4 cm³/mol. The molecule has 2 rings (SSSR count). The molecule has 0 aromatic heterocycles. The van der Waals surface area contributed by atoms with Gasteiger partial charge in [-0.25, -0.2) is 0 Å². The lowest BCUT2D eigenvalue weighted by Gasteiger charge is -2.15. The van der Waals surface area contributed by atoms with E-state index in [4.69, 9.17) is 0 Å². The topological polar surface area (TPSA) is 56.7 Å². The molecule has 0 aliphatic carbocycles. The smallest absolute Gasteiger partial charge is 0.221 e. The minimum Gasteiger partial charge on any atom is -0.356 e. The van der Waals surface area contributed by atoms with E-state index in [-0.39, 0.29) is 5.91 Å². The molecule has 1 aromatic carbocycles. The first-order valence-corrected chi connectivity index (χ1v) is 6.51. The molecule has 0 saturated carbocycles. The van der Waals surface area contributed by atoms with Gasteiger partial charge in [-0.3, -0.25) is 9.79 Å². The van der Waals surface area contributed by atoms with Gasteiger partial charge in [0.05, 0.1) is 6.54 Å². The summed E-state index contributed by atoms with van der Waals surface area (Å²) in [7, 11) is 2.04. The van der Waals surface area contributed by atoms with Gasteiger partial charge in [-0.15, -0.1) is 0 Å². The summed E-state index contributed by atoms with van der Waals surface area (Å²) >= 11 is 0. The summed E-state index contributed by atoms with van der Waals surface area (Å²) in [4.78, 5) is 17.4. The van der Waals surface area contributed by atoms with Crippen LogP contribution in [0.15, 0.2) is 29.3 Å². The summed E-state index contributed by atoms with van der Waals surface area (Å²) in [5.74, 6) is 0.937. The summed E-state index contributed by atoms with van der Waals surface area (Å²) in [6.07, 6.45) is 0.938. The number of carbonyl (C=O) groups excluding carboxylic acids is 1. The molecule has 0 atom stereocenters. The Labute approximate surface area is 113 Å². The van der Waals surface area contributed by atoms with E-state index in [1.54, 1.807) is 0 Å². The summed E-state index contributed by atoms with van der Waals surface area (Å²) in [5.41, 5.74) is 2.08. The Balaban J connectivity index is 1.78. The summed E-state index contributed by atoms with van der Waals surface area (Å²) in [6, 6.07) is 7.92. The predicted octanol–water partition coefficient (Wildman–Crippen LogP) is 1.08. The summed E-state index contributed by atoms with van der Waals surface area (Å²) in [6.45, 7) is 4.25. The number of aliphatic imine (C=N–C) groups is 1. The van der Waals surface area contributed by atoms with Gasteiger partial charge in [0.15, 0.2) is 5.96 Å². The highest BCUT2D eigenvalue weighted by atomic mass is 16.1. The Morgan fingerprint density at radius 3 is 2.68 bits per heavy atom. The fraction of sp³-hybridized carbons (Fsp3) is 0.429. The maximum atomic E-state index is 10.9. The average molecular weight is 260 g/mol. The molecule has 0 radical (unpaired) electrons. The van der Waals surface area contributed by atoms with Crippen LogP contribution in [0.3, 0.4) is 0 Å². The van der Waals surface area contributed by atoms with Crippen LogP contribution in [-0.4, -0.2) is 43.4 Å². The van der Waals surface area contributed by atoms with Gasteiger partial charge in [0.2, 0.25) is 5.91 Å². The second-order valence-corrected chi connectivity index (χ2v) is 4.68. The Kier molecular flexibility index (Phi) is 4.39. The fourth-order valence-electron chi connectivity index (χ4n) is 2.00. The van der Waals surface area contributed by atoms with Crippen LogP contribution in [-0.2, 0) is 11.2 Å². The van der Waals surface area contributed by atoms with Crippen LogP contribution in [0.1, 0.15) is 12.5 Å². The molecule has 0 saturated heterocycles. The molecule has 1 aliphatic rings. The molecule has 0 spiro atoms. The van der Waals surface area contributed by atoms with E-state index in [1.165, 1.54) is 12.5 Å². The number of carbonyl (C=O) groups is 1. The molecule has 102 valence electrons. The lowest BCUT2D eigenvalue weighted by atomic mass is 10.1. The van der Waals surface area contributed by atoms with Crippen molar-refractivity contribution in [3.8, 4) is 0 Å². The van der Waals surface area contributed by atoms with E-state index in [9.17, 15) is 4.79 Å². The first-order chi connectivity index (χ1) is 9.15. The molecule has 0 bridgehead atoms. The second kappa shape index (κ2) is 6.22. The lowest BCUT2D eigenvalue weighted by molar-refractivity contribution is -0.114. The SMILES string of the molecule is CC(=O)Nc1ccc(CCNC2=NCCN2C)cc1. The Morgan fingerprint density at radius 2 is 2.11 bits per heavy atom. The maximum absolute atomic E-state index is 10.9. The third kappa shape index (κ3) is 3.98. The molecule has 1 aliphatic heterocycles. The zero-order valence-corrected chi connectivity index (χ0v) is 11.4. The number of likely N-dealkylation sites (N-methyl/N-ethyl adjacent to an activating group) is 1. The first-order valence-electron chi connectivity index (χ1n) is 6.51. The standard InChI is InChI=1S/C14H20N4O/c1-11(19)17-13-5-3-12(4-6-13)7-8-15-14-16-9-10-18(14)2/h3-6H,7-10H2,1-2H3,(H,15,16)(H,17,19). The number of guanidine groups is 1. The molecule has 5 nitrogen and oxygen atoms in total. The van der Waals surface area contributed by atoms with E-state index in [2.05, 4.69) is 20.5 Å². The van der Waals surface area contributed by atoms with Crippen molar-refractivity contribution in [2.45, 2.75) is 13.3 Å². The number of hydrogen-bond donors (Lipinski definition) is 2. The average Bonchev–Trinajstić information content (AvgIpc) is 2.77. The summed E-state index contributed by atoms with van der Waals surface area (Å²) in [5, 5.41) is 6.09. The van der Waals surface area contributed by atoms with Crippen LogP contribution >= 0.6 is 0 Å². The van der Waals surface area contributed by atoms with Gasteiger partial charge in [0.25, 0.3) is 0 Å². The molecular weight excluding hydrogens is 240 g/mol. The van der Waals surface area contributed by atoms with Crippen molar-refractivity contribution >= 4 is 17.6 Å². The Morgan fingerprint density at radius 1 is 1.37 bits per heavy atom. The molecule has 0 fully saturated rings. The van der Waals surface area contributed by atoms with Crippen LogP contribution in [0.4, 0.5) is 5.69 Å². The molecular formula is C14H20N4O. The second-order valence-electron chi connectivity index (χ2n) is 4.68. The zero-order valence-electron chi connectivity index (χ0n) is 11.4. The highest BCUT2D eigenvalue weighted by molar-refractivity contribution is 5.88. The summed E-state index contributed by atoms with van der Waals surface area (Å²) < 4.78 is 0. The van der Waals surface area contributed by atoms with Crippen molar-refractivity contribution in [1.82, 2.24) is 10.2 Å². The Bertz CT molecular complexity index is 467. The molecule has 1 heterocycles. The number of nitrogens with one attached hydrogen (secondary N) is 2. The van der Waals surface area contributed by atoms with Gasteiger partial charge in [-0.2, -0.15) is 0 Å². The van der Waals surface area contributed by atoms with Crippen LogP contribution in [0.2, 0.25) is 0 Å². The van der Waals surface area contributed by atoms with Gasteiger partial charge in [0, 0.05) is 32.7 Å². The van der Waals surface area contributed by atoms with Crippen LogP contribution in [0, 0.1) is 0 Å². The van der Waals surface area contributed by atoms with E-state index in [0.29, 0.717) is 0 Å². The van der Waals surface area contributed by atoms with Crippen molar-refractivity contribution in [1.29, 1.82) is 0 Å². The molecule has 2 N–H and O–H groups in total. The zero-order chi connectivity index (χ0) is 13.7. The number of hydrogen-bond acceptors (Lipinski definition) is 4. The van der Waals surface area contributed by atoms with E-state index in [1.807, 2.05) is 31.3 Å². The number of benzene rings is 1. The molecule has 0 unspecified atom stereocenters. The number of anilines is 1. The van der Waals surface area contributed by atoms with Crippen molar-refractivity contribution in [2.24, 2.45) is 4.99 Å². The highest BCUT2D eigenvalue weighted by Crippen LogP contribution is 2.09. The molecule has 5 heteroatoms. The largest absolute Gasteiger partial charge is 0.356 e. The van der Waals surface area contributed by atoms with Crippen molar-refractivity contribution in [2.75, 3.05) is 32.0 Å². The fourth-order valence-corrected chi connectivity index (χ4v) is 2.00. The number of nitrogens with zero attached hydrogens (tertiary/aromatic N) is 2. The van der Waals surface area contributed by atoms with E-state index < -0.39 is 0 Å². The van der Waals surface area contributed by atoms with E-state index in [0.717, 1.165) is 37.7 Å². The van der Waals surface area contributed by atoms with Gasteiger partial charge in [-0.05, 0) is 24.1 Å². The van der Waals surface area contributed by atoms with Gasteiger partial charge < -0.3 is 15.5 Å². The van der Waals surface area contributed by atoms with Crippen LogP contribution in [0.5, 0.6) is 0 Å². The molecule has 19 heavy (non-hydrogen) atoms. The molecule has 1 amide bonds. The third-order valence-electron chi connectivity index (χ3n) is 3.03. The normalized spacial score (nSPS) is 14.2. The minimum absolute atomic E-state index is 0.0447. The monoisotopic (exact) mass is 260 g/mol. The van der Waals surface area contributed by atoms with E-state index >= 15 is 0 Å². The van der Waals surface area contributed by atoms with Gasteiger partial charge >= 0.3 is 0 Å². The highest BCUT2D eigenvalue weighted by Gasteiger charge is 2.10. The number of rotatable bonds is 4. The molecule has 1 aromatic rings. The van der Waals surface area contributed by atoms with Crippen LogP contribution < -0.4 is 10.6 Å². The Hall–Kier alpha value is -2.04. The maximum Gasteiger partial charge on any atom is 0.221 e. The van der Waals surface area contributed by atoms with Crippen LogP contribution in [0.25, 0.3) is 0 Å². The first kappa shape index (κ1) is 13.4. The van der Waals surface area contributed by atoms with Gasteiger partial charge in [0.1, 0.15) is 0 Å². The van der Waals surface area contributed by atoms with Crippen molar-refractivity contribution in [3.05, 3.63) is 29.8 Å². The lowest BCUT2D eigenvalue weighted by Crippen LogP contribution is -2.36. The number of amides is 1.